The predicted molar refractivity (Wildman–Crippen MR) is 63.8 cm³/mol. The highest BCUT2D eigenvalue weighted by atomic mass is 16.5. The summed E-state index contributed by atoms with van der Waals surface area (Å²) in [4.78, 5) is 0. The maximum absolute atomic E-state index is 5.97. The summed E-state index contributed by atoms with van der Waals surface area (Å²) in [5.74, 6) is 0.887. The van der Waals surface area contributed by atoms with E-state index >= 15 is 0 Å². The van der Waals surface area contributed by atoms with E-state index < -0.39 is 0 Å². The molecule has 0 aliphatic carbocycles. The molecule has 1 aromatic rings. The van der Waals surface area contributed by atoms with Crippen LogP contribution in [0.4, 0.5) is 0 Å². The van der Waals surface area contributed by atoms with Crippen LogP contribution in [0, 0.1) is 0 Å². The van der Waals surface area contributed by atoms with E-state index in [-0.39, 0.29) is 6.10 Å². The fourth-order valence-corrected chi connectivity index (χ4v) is 1.99. The maximum atomic E-state index is 5.97. The van der Waals surface area contributed by atoms with Crippen LogP contribution in [0.15, 0.2) is 24.3 Å². The zero-order valence-electron chi connectivity index (χ0n) is 9.90. The summed E-state index contributed by atoms with van der Waals surface area (Å²) in [6.45, 7) is 4.14. The average molecular weight is 221 g/mol. The van der Waals surface area contributed by atoms with E-state index in [1.165, 1.54) is 5.56 Å². The lowest BCUT2D eigenvalue weighted by molar-refractivity contribution is 0.00827. The van der Waals surface area contributed by atoms with Crippen LogP contribution < -0.4 is 10.1 Å². The molecule has 1 saturated heterocycles. The summed E-state index contributed by atoms with van der Waals surface area (Å²) in [6.07, 6.45) is 1.62. The van der Waals surface area contributed by atoms with E-state index in [1.54, 1.807) is 7.11 Å². The lowest BCUT2D eigenvalue weighted by Crippen LogP contribution is -2.18. The van der Waals surface area contributed by atoms with E-state index in [4.69, 9.17) is 9.47 Å². The molecule has 0 amide bonds. The summed E-state index contributed by atoms with van der Waals surface area (Å²) in [6, 6.07) is 8.07. The number of hydrogen-bond donors (Lipinski definition) is 1. The summed E-state index contributed by atoms with van der Waals surface area (Å²) < 4.78 is 11.1. The molecule has 0 radical (unpaired) electrons. The molecule has 0 bridgehead atoms. The van der Waals surface area contributed by atoms with Crippen LogP contribution in [-0.2, 0) is 4.74 Å². The standard InChI is InChI=1S/C13H19NO2/c1-10(16-13-7-8-14-9-13)11-3-5-12(15-2)6-4-11/h3-6,10,13-14H,7-9H2,1-2H3/t10-,13-/m1/s1. The van der Waals surface area contributed by atoms with Crippen molar-refractivity contribution in [2.45, 2.75) is 25.6 Å². The predicted octanol–water partition coefficient (Wildman–Crippen LogP) is 2.13. The minimum absolute atomic E-state index is 0.149. The molecule has 1 aromatic carbocycles. The molecule has 1 N–H and O–H groups in total. The molecule has 2 rings (SSSR count). The molecular formula is C13H19NO2. The molecule has 1 aliphatic heterocycles. The van der Waals surface area contributed by atoms with Crippen molar-refractivity contribution >= 4 is 0 Å². The second-order valence-corrected chi connectivity index (χ2v) is 4.17. The van der Waals surface area contributed by atoms with Gasteiger partial charge in [-0.1, -0.05) is 12.1 Å². The molecule has 0 aromatic heterocycles. The third-order valence-electron chi connectivity index (χ3n) is 3.00. The SMILES string of the molecule is COc1ccc([C@@H](C)O[C@@H]2CCNC2)cc1. The summed E-state index contributed by atoms with van der Waals surface area (Å²) in [5, 5.41) is 3.30. The Hall–Kier alpha value is -1.06. The minimum atomic E-state index is 0.149. The zero-order chi connectivity index (χ0) is 11.4. The van der Waals surface area contributed by atoms with Gasteiger partial charge in [0.15, 0.2) is 0 Å². The zero-order valence-corrected chi connectivity index (χ0v) is 9.90. The van der Waals surface area contributed by atoms with Gasteiger partial charge in [0.2, 0.25) is 0 Å². The lowest BCUT2D eigenvalue weighted by Gasteiger charge is -2.18. The number of nitrogens with one attached hydrogen (secondary N) is 1. The van der Waals surface area contributed by atoms with Gasteiger partial charge < -0.3 is 14.8 Å². The molecule has 16 heavy (non-hydrogen) atoms. The van der Waals surface area contributed by atoms with E-state index in [0.717, 1.165) is 25.3 Å². The average Bonchev–Trinajstić information content (AvgIpc) is 2.82. The number of ether oxygens (including phenoxy) is 2. The number of rotatable bonds is 4. The number of methoxy groups -OCH3 is 1. The van der Waals surface area contributed by atoms with Gasteiger partial charge >= 0.3 is 0 Å². The molecule has 1 heterocycles. The third kappa shape index (κ3) is 2.74. The normalized spacial score (nSPS) is 22.0. The van der Waals surface area contributed by atoms with Gasteiger partial charge in [-0.05, 0) is 37.6 Å². The van der Waals surface area contributed by atoms with Gasteiger partial charge in [-0.15, -0.1) is 0 Å². The van der Waals surface area contributed by atoms with Gasteiger partial charge in [-0.3, -0.25) is 0 Å². The van der Waals surface area contributed by atoms with Crippen LogP contribution in [0.1, 0.15) is 25.0 Å². The molecule has 3 heteroatoms. The van der Waals surface area contributed by atoms with Crippen molar-refractivity contribution in [2.75, 3.05) is 20.2 Å². The molecule has 0 spiro atoms. The molecule has 0 unspecified atom stereocenters. The highest BCUT2D eigenvalue weighted by molar-refractivity contribution is 5.28. The molecule has 1 fully saturated rings. The van der Waals surface area contributed by atoms with Crippen LogP contribution in [0.2, 0.25) is 0 Å². The van der Waals surface area contributed by atoms with Gasteiger partial charge in [0.1, 0.15) is 5.75 Å². The Kier molecular flexibility index (Phi) is 3.80. The molecular weight excluding hydrogens is 202 g/mol. The third-order valence-corrected chi connectivity index (χ3v) is 3.00. The van der Waals surface area contributed by atoms with Crippen LogP contribution in [0.25, 0.3) is 0 Å². The Morgan fingerprint density at radius 3 is 2.62 bits per heavy atom. The first-order valence-corrected chi connectivity index (χ1v) is 5.79. The topological polar surface area (TPSA) is 30.5 Å². The van der Waals surface area contributed by atoms with E-state index in [0.29, 0.717) is 6.10 Å². The molecule has 0 saturated carbocycles. The van der Waals surface area contributed by atoms with E-state index in [1.807, 2.05) is 12.1 Å². The van der Waals surface area contributed by atoms with Gasteiger partial charge in [-0.25, -0.2) is 0 Å². The monoisotopic (exact) mass is 221 g/mol. The Bertz CT molecular complexity index is 317. The van der Waals surface area contributed by atoms with Gasteiger partial charge in [0, 0.05) is 6.54 Å². The smallest absolute Gasteiger partial charge is 0.118 e. The first-order chi connectivity index (χ1) is 7.79. The highest BCUT2D eigenvalue weighted by Gasteiger charge is 2.18. The molecule has 88 valence electrons. The second kappa shape index (κ2) is 5.32. The first-order valence-electron chi connectivity index (χ1n) is 5.79. The maximum Gasteiger partial charge on any atom is 0.118 e. The number of benzene rings is 1. The van der Waals surface area contributed by atoms with Gasteiger partial charge in [-0.2, -0.15) is 0 Å². The van der Waals surface area contributed by atoms with Crippen LogP contribution in [-0.4, -0.2) is 26.3 Å². The van der Waals surface area contributed by atoms with E-state index in [9.17, 15) is 0 Å². The van der Waals surface area contributed by atoms with Crippen LogP contribution >= 0.6 is 0 Å². The van der Waals surface area contributed by atoms with Gasteiger partial charge in [0.05, 0.1) is 19.3 Å². The fourth-order valence-electron chi connectivity index (χ4n) is 1.99. The Balaban J connectivity index is 1.94. The Morgan fingerprint density at radius 1 is 1.31 bits per heavy atom. The summed E-state index contributed by atoms with van der Waals surface area (Å²) >= 11 is 0. The summed E-state index contributed by atoms with van der Waals surface area (Å²) in [7, 11) is 1.68. The van der Waals surface area contributed by atoms with Crippen molar-refractivity contribution < 1.29 is 9.47 Å². The highest BCUT2D eigenvalue weighted by Crippen LogP contribution is 2.22. The molecule has 1 aliphatic rings. The quantitative estimate of drug-likeness (QED) is 0.845. The van der Waals surface area contributed by atoms with Crippen LogP contribution in [0.5, 0.6) is 5.75 Å². The van der Waals surface area contributed by atoms with Gasteiger partial charge in [0.25, 0.3) is 0 Å². The van der Waals surface area contributed by atoms with Crippen LogP contribution in [0.3, 0.4) is 0 Å². The lowest BCUT2D eigenvalue weighted by atomic mass is 10.1. The van der Waals surface area contributed by atoms with E-state index in [2.05, 4.69) is 24.4 Å². The van der Waals surface area contributed by atoms with Crippen molar-refractivity contribution in [1.82, 2.24) is 5.32 Å². The minimum Gasteiger partial charge on any atom is -0.497 e. The fraction of sp³-hybridized carbons (Fsp3) is 0.538. The number of hydrogen-bond acceptors (Lipinski definition) is 3. The van der Waals surface area contributed by atoms with Crippen molar-refractivity contribution in [3.8, 4) is 5.75 Å². The van der Waals surface area contributed by atoms with Crippen molar-refractivity contribution in [2.24, 2.45) is 0 Å². The molecule has 2 atom stereocenters. The summed E-state index contributed by atoms with van der Waals surface area (Å²) in [5.41, 5.74) is 1.20. The Labute approximate surface area is 96.8 Å². The Morgan fingerprint density at radius 2 is 2.06 bits per heavy atom. The van der Waals surface area contributed by atoms with Crippen molar-refractivity contribution in [3.63, 3.8) is 0 Å². The second-order valence-electron chi connectivity index (χ2n) is 4.17. The molecule has 3 nitrogen and oxygen atoms in total. The van der Waals surface area contributed by atoms with Crippen molar-refractivity contribution in [1.29, 1.82) is 0 Å². The largest absolute Gasteiger partial charge is 0.497 e. The van der Waals surface area contributed by atoms with Crippen molar-refractivity contribution in [3.05, 3.63) is 29.8 Å². The first kappa shape index (κ1) is 11.4.